The van der Waals surface area contributed by atoms with Crippen LogP contribution in [0.15, 0.2) is 58.1 Å². The Hall–Kier alpha value is -2.82. The number of fused-ring (bicyclic) bond motifs is 1. The molecular weight excluding hydrogens is 362 g/mol. The smallest absolute Gasteiger partial charge is 0.298 e. The largest absolute Gasteiger partial charge is 0.423 e. The fourth-order valence-corrected chi connectivity index (χ4v) is 4.20. The van der Waals surface area contributed by atoms with Crippen molar-refractivity contribution in [2.45, 2.75) is 51.0 Å². The fraction of sp³-hybridized carbons (Fsp3) is 0.417. The molecule has 0 atom stereocenters. The molecule has 0 radical (unpaired) electrons. The highest BCUT2D eigenvalue weighted by molar-refractivity contribution is 6.01. The normalized spacial score (nSPS) is 18.9. The van der Waals surface area contributed by atoms with Gasteiger partial charge in [0.1, 0.15) is 11.1 Å². The van der Waals surface area contributed by atoms with Crippen LogP contribution in [0.25, 0.3) is 11.1 Å². The van der Waals surface area contributed by atoms with E-state index in [0.29, 0.717) is 6.01 Å². The Bertz CT molecular complexity index is 1050. The molecule has 29 heavy (non-hydrogen) atoms. The van der Waals surface area contributed by atoms with Crippen molar-refractivity contribution in [3.8, 4) is 0 Å². The number of oxime groups is 1. The van der Waals surface area contributed by atoms with Gasteiger partial charge in [0.05, 0.1) is 5.71 Å². The number of benzene rings is 2. The summed E-state index contributed by atoms with van der Waals surface area (Å²) in [5, 5.41) is 4.41. The molecule has 1 saturated heterocycles. The zero-order valence-electron chi connectivity index (χ0n) is 17.3. The Morgan fingerprint density at radius 1 is 1.00 bits per heavy atom. The molecule has 0 saturated carbocycles. The Kier molecular flexibility index (Phi) is 4.16. The van der Waals surface area contributed by atoms with E-state index in [9.17, 15) is 0 Å². The summed E-state index contributed by atoms with van der Waals surface area (Å²) in [5.74, 6) is 0. The van der Waals surface area contributed by atoms with Gasteiger partial charge in [0, 0.05) is 32.4 Å². The average Bonchev–Trinajstić information content (AvgIpc) is 3.33. The summed E-state index contributed by atoms with van der Waals surface area (Å²) < 4.78 is 6.06. The number of rotatable bonds is 2. The van der Waals surface area contributed by atoms with E-state index in [-0.39, 0.29) is 11.0 Å². The maximum atomic E-state index is 6.06. The highest BCUT2D eigenvalue weighted by Gasteiger charge is 2.43. The first-order valence-electron chi connectivity index (χ1n) is 10.4. The molecule has 2 aromatic carbocycles. The molecule has 150 valence electrons. The van der Waals surface area contributed by atoms with E-state index in [1.54, 1.807) is 0 Å². The van der Waals surface area contributed by atoms with E-state index in [0.717, 1.165) is 54.7 Å². The molecule has 5 nitrogen and oxygen atoms in total. The number of oxazole rings is 1. The predicted octanol–water partition coefficient (Wildman–Crippen LogP) is 5.29. The van der Waals surface area contributed by atoms with Crippen molar-refractivity contribution in [3.05, 3.63) is 59.7 Å². The number of hydrogen-bond acceptors (Lipinski definition) is 5. The van der Waals surface area contributed by atoms with Crippen LogP contribution in [0, 0.1) is 0 Å². The first-order chi connectivity index (χ1) is 13.9. The van der Waals surface area contributed by atoms with Gasteiger partial charge in [0.15, 0.2) is 5.58 Å². The van der Waals surface area contributed by atoms with Crippen LogP contribution >= 0.6 is 0 Å². The van der Waals surface area contributed by atoms with E-state index >= 15 is 0 Å². The molecule has 2 aliphatic heterocycles. The summed E-state index contributed by atoms with van der Waals surface area (Å²) in [6.07, 6.45) is 2.70. The van der Waals surface area contributed by atoms with Crippen LogP contribution in [-0.2, 0) is 10.3 Å². The minimum absolute atomic E-state index is 0.0983. The molecule has 0 unspecified atom stereocenters. The Labute approximate surface area is 171 Å². The SMILES string of the molecule is CC(C)(C)c1ccc2oc(N3CCC4(CC3)CC(c3ccccc3)=NO4)nc2c1. The minimum atomic E-state index is -0.187. The van der Waals surface area contributed by atoms with Gasteiger partial charge >= 0.3 is 0 Å². The molecule has 5 rings (SSSR count). The molecule has 0 amide bonds. The van der Waals surface area contributed by atoms with Gasteiger partial charge in [-0.05, 0) is 28.7 Å². The van der Waals surface area contributed by atoms with Gasteiger partial charge in [0.2, 0.25) is 0 Å². The van der Waals surface area contributed by atoms with Gasteiger partial charge < -0.3 is 14.2 Å². The van der Waals surface area contributed by atoms with E-state index in [4.69, 9.17) is 14.2 Å². The zero-order chi connectivity index (χ0) is 20.1. The average molecular weight is 389 g/mol. The standard InChI is InChI=1S/C24H27N3O2/c1-23(2,3)18-9-10-21-19(15-18)25-22(28-21)27-13-11-24(12-14-27)16-20(26-29-24)17-7-5-4-6-8-17/h4-10,15H,11-14,16H2,1-3H3. The van der Waals surface area contributed by atoms with E-state index in [1.807, 2.05) is 24.3 Å². The van der Waals surface area contributed by atoms with Gasteiger partial charge in [-0.2, -0.15) is 4.98 Å². The van der Waals surface area contributed by atoms with Gasteiger partial charge in [-0.15, -0.1) is 0 Å². The molecule has 5 heteroatoms. The van der Waals surface area contributed by atoms with Crippen molar-refractivity contribution in [1.29, 1.82) is 0 Å². The third-order valence-corrected chi connectivity index (χ3v) is 6.13. The molecule has 3 heterocycles. The summed E-state index contributed by atoms with van der Waals surface area (Å²) in [5.41, 5.74) is 5.16. The molecule has 0 bridgehead atoms. The quantitative estimate of drug-likeness (QED) is 0.598. The molecule has 1 aromatic heterocycles. The van der Waals surface area contributed by atoms with Crippen molar-refractivity contribution < 1.29 is 9.25 Å². The van der Waals surface area contributed by atoms with Crippen LogP contribution in [0.4, 0.5) is 6.01 Å². The highest BCUT2D eigenvalue weighted by atomic mass is 16.7. The number of aromatic nitrogens is 1. The van der Waals surface area contributed by atoms with E-state index in [2.05, 4.69) is 55.1 Å². The van der Waals surface area contributed by atoms with Crippen molar-refractivity contribution in [3.63, 3.8) is 0 Å². The second-order valence-electron chi connectivity index (χ2n) is 9.27. The van der Waals surface area contributed by atoms with Gasteiger partial charge in [-0.3, -0.25) is 0 Å². The lowest BCUT2D eigenvalue weighted by Crippen LogP contribution is -2.44. The third kappa shape index (κ3) is 3.39. The van der Waals surface area contributed by atoms with Crippen molar-refractivity contribution in [2.24, 2.45) is 5.16 Å². The first kappa shape index (κ1) is 18.2. The maximum Gasteiger partial charge on any atom is 0.298 e. The van der Waals surface area contributed by atoms with Crippen LogP contribution in [0.5, 0.6) is 0 Å². The van der Waals surface area contributed by atoms with Crippen LogP contribution in [0.1, 0.15) is 51.2 Å². The number of anilines is 1. The van der Waals surface area contributed by atoms with Gasteiger partial charge in [-0.25, -0.2) is 0 Å². The summed E-state index contributed by atoms with van der Waals surface area (Å²) >= 11 is 0. The summed E-state index contributed by atoms with van der Waals surface area (Å²) in [6.45, 7) is 8.36. The number of nitrogens with zero attached hydrogens (tertiary/aromatic N) is 3. The molecule has 2 aliphatic rings. The lowest BCUT2D eigenvalue weighted by Gasteiger charge is -2.36. The summed E-state index contributed by atoms with van der Waals surface area (Å²) in [4.78, 5) is 13.0. The van der Waals surface area contributed by atoms with Crippen LogP contribution in [-0.4, -0.2) is 29.4 Å². The minimum Gasteiger partial charge on any atom is -0.423 e. The lowest BCUT2D eigenvalue weighted by atomic mass is 9.85. The zero-order valence-corrected chi connectivity index (χ0v) is 17.3. The van der Waals surface area contributed by atoms with Gasteiger partial charge in [0.25, 0.3) is 6.01 Å². The molecule has 0 N–H and O–H groups in total. The summed E-state index contributed by atoms with van der Waals surface area (Å²) in [7, 11) is 0. The van der Waals surface area contributed by atoms with Crippen LogP contribution < -0.4 is 4.90 Å². The third-order valence-electron chi connectivity index (χ3n) is 6.13. The van der Waals surface area contributed by atoms with Crippen LogP contribution in [0.2, 0.25) is 0 Å². The Morgan fingerprint density at radius 3 is 2.48 bits per heavy atom. The number of hydrogen-bond donors (Lipinski definition) is 0. The van der Waals surface area contributed by atoms with Crippen LogP contribution in [0.3, 0.4) is 0 Å². The molecule has 1 fully saturated rings. The van der Waals surface area contributed by atoms with Crippen molar-refractivity contribution >= 4 is 22.8 Å². The first-order valence-corrected chi connectivity index (χ1v) is 10.4. The Balaban J connectivity index is 1.29. The van der Waals surface area contributed by atoms with E-state index < -0.39 is 0 Å². The Morgan fingerprint density at radius 2 is 1.76 bits per heavy atom. The van der Waals surface area contributed by atoms with Crippen molar-refractivity contribution in [1.82, 2.24) is 4.98 Å². The topological polar surface area (TPSA) is 50.9 Å². The second-order valence-corrected chi connectivity index (χ2v) is 9.27. The van der Waals surface area contributed by atoms with Crippen molar-refractivity contribution in [2.75, 3.05) is 18.0 Å². The molecule has 1 spiro atoms. The van der Waals surface area contributed by atoms with Gasteiger partial charge in [-0.1, -0.05) is 62.3 Å². The highest BCUT2D eigenvalue weighted by Crippen LogP contribution is 2.38. The fourth-order valence-electron chi connectivity index (χ4n) is 4.20. The van der Waals surface area contributed by atoms with E-state index in [1.165, 1.54) is 5.56 Å². The molecule has 0 aliphatic carbocycles. The second kappa shape index (κ2) is 6.61. The summed E-state index contributed by atoms with van der Waals surface area (Å²) in [6, 6.07) is 17.3. The monoisotopic (exact) mass is 389 g/mol. The maximum absolute atomic E-state index is 6.06. The molecule has 3 aromatic rings. The lowest BCUT2D eigenvalue weighted by molar-refractivity contribution is -0.0364. The number of piperidine rings is 1. The molecular formula is C24H27N3O2. The predicted molar refractivity (Wildman–Crippen MR) is 116 cm³/mol.